The fraction of sp³-hybridized carbons (Fsp3) is 0.238. The maximum atomic E-state index is 12.5. The van der Waals surface area contributed by atoms with Gasteiger partial charge in [0.25, 0.3) is 0 Å². The molecule has 1 aliphatic heterocycles. The van der Waals surface area contributed by atoms with E-state index in [-0.39, 0.29) is 11.3 Å². The average molecular weight is 478 g/mol. The Hall–Kier alpha value is -4.04. The van der Waals surface area contributed by atoms with E-state index in [0.717, 1.165) is 0 Å². The molecule has 4 rings (SSSR count). The molecule has 8 N–H and O–H groups in total. The number of carboxylic acid groups (broad SMARTS) is 1. The van der Waals surface area contributed by atoms with Crippen molar-refractivity contribution in [1.82, 2.24) is 0 Å². The van der Waals surface area contributed by atoms with Crippen molar-refractivity contribution >= 4 is 16.9 Å². The molecular weight excluding hydrogens is 460 g/mol. The Morgan fingerprint density at radius 3 is 2.15 bits per heavy atom. The first-order valence-corrected chi connectivity index (χ1v) is 9.64. The number of hydrogen-bond donors (Lipinski definition) is 8. The Balaban J connectivity index is 1.66. The zero-order valence-electron chi connectivity index (χ0n) is 16.9. The minimum absolute atomic E-state index is 0.00119. The highest BCUT2D eigenvalue weighted by Gasteiger charge is 2.48. The van der Waals surface area contributed by atoms with Crippen LogP contribution >= 0.6 is 0 Å². The maximum absolute atomic E-state index is 12.5. The van der Waals surface area contributed by atoms with E-state index in [1.54, 1.807) is 0 Å². The van der Waals surface area contributed by atoms with Gasteiger partial charge >= 0.3 is 5.97 Å². The van der Waals surface area contributed by atoms with E-state index in [1.165, 1.54) is 24.3 Å². The highest BCUT2D eigenvalue weighted by atomic mass is 16.7. The Kier molecular flexibility index (Phi) is 5.70. The van der Waals surface area contributed by atoms with Crippen LogP contribution in [0.5, 0.6) is 28.7 Å². The topological polar surface area (TPSA) is 228 Å². The minimum Gasteiger partial charge on any atom is -0.507 e. The number of fused-ring (bicyclic) bond motifs is 1. The van der Waals surface area contributed by atoms with E-state index in [9.17, 15) is 45.3 Å². The van der Waals surface area contributed by atoms with Crippen molar-refractivity contribution in [2.75, 3.05) is 0 Å². The van der Waals surface area contributed by atoms with Crippen molar-refractivity contribution in [3.63, 3.8) is 0 Å². The highest BCUT2D eigenvalue weighted by Crippen LogP contribution is 2.42. The second-order valence-corrected chi connectivity index (χ2v) is 7.45. The number of carbonyl (C=O) groups is 1. The summed E-state index contributed by atoms with van der Waals surface area (Å²) in [5, 5.41) is 78.0. The summed E-state index contributed by atoms with van der Waals surface area (Å²) in [5.41, 5.74) is -1.55. The molecule has 180 valence electrons. The smallest absolute Gasteiger partial charge is 0.335 e. The van der Waals surface area contributed by atoms with Gasteiger partial charge in [0.05, 0.1) is 0 Å². The highest BCUT2D eigenvalue weighted by molar-refractivity contribution is 5.92. The van der Waals surface area contributed by atoms with Gasteiger partial charge in [0.2, 0.25) is 23.2 Å². The van der Waals surface area contributed by atoms with Crippen LogP contribution in [-0.4, -0.2) is 77.5 Å². The van der Waals surface area contributed by atoms with Gasteiger partial charge in [0.15, 0.2) is 23.2 Å². The molecule has 1 aromatic heterocycles. The van der Waals surface area contributed by atoms with Crippen LogP contribution in [0.15, 0.2) is 39.5 Å². The van der Waals surface area contributed by atoms with Gasteiger partial charge in [-0.2, -0.15) is 0 Å². The third kappa shape index (κ3) is 3.72. The molecule has 2 heterocycles. The Labute approximate surface area is 188 Å². The molecule has 1 fully saturated rings. The number of rotatable bonds is 4. The van der Waals surface area contributed by atoms with E-state index >= 15 is 0 Å². The molecule has 5 atom stereocenters. The molecule has 1 aliphatic rings. The summed E-state index contributed by atoms with van der Waals surface area (Å²) in [7, 11) is 0. The molecule has 0 bridgehead atoms. The second kappa shape index (κ2) is 8.39. The van der Waals surface area contributed by atoms with E-state index in [4.69, 9.17) is 19.0 Å². The summed E-state index contributed by atoms with van der Waals surface area (Å²) in [4.78, 5) is 23.7. The normalized spacial score (nSPS) is 24.7. The lowest BCUT2D eigenvalue weighted by molar-refractivity contribution is -0.271. The molecule has 0 radical (unpaired) electrons. The summed E-state index contributed by atoms with van der Waals surface area (Å²) in [5.74, 6) is -5.19. The number of benzene rings is 2. The van der Waals surface area contributed by atoms with Crippen LogP contribution in [0.4, 0.5) is 0 Å². The Morgan fingerprint density at radius 2 is 1.53 bits per heavy atom. The lowest BCUT2D eigenvalue weighted by Crippen LogP contribution is -2.61. The zero-order chi connectivity index (χ0) is 24.9. The van der Waals surface area contributed by atoms with Gasteiger partial charge in [-0.3, -0.25) is 4.79 Å². The van der Waals surface area contributed by atoms with Crippen LogP contribution in [0.1, 0.15) is 0 Å². The molecule has 13 nitrogen and oxygen atoms in total. The summed E-state index contributed by atoms with van der Waals surface area (Å²) in [6.07, 6.45) is -9.03. The van der Waals surface area contributed by atoms with E-state index in [2.05, 4.69) is 0 Å². The van der Waals surface area contributed by atoms with Crippen molar-refractivity contribution in [2.45, 2.75) is 30.7 Å². The van der Waals surface area contributed by atoms with Crippen LogP contribution in [0.2, 0.25) is 0 Å². The Bertz CT molecular complexity index is 1310. The van der Waals surface area contributed by atoms with Gasteiger partial charge in [-0.05, 0) is 24.3 Å². The molecule has 0 aliphatic carbocycles. The van der Waals surface area contributed by atoms with Crippen molar-refractivity contribution in [3.05, 3.63) is 40.6 Å². The first kappa shape index (κ1) is 23.1. The number of aliphatic hydroxyl groups is 3. The number of carboxylic acids is 1. The fourth-order valence-corrected chi connectivity index (χ4v) is 3.48. The van der Waals surface area contributed by atoms with Crippen molar-refractivity contribution in [1.29, 1.82) is 0 Å². The SMILES string of the molecule is O=C(O)[C@H]1O[C@H](Oc2ccc(-c3oc4c(O)c(O)cc(O)c4c(=O)c3O)cc2)[C@H](O)[C@@H](O)[C@@H]1O. The van der Waals surface area contributed by atoms with Gasteiger partial charge in [-0.1, -0.05) is 0 Å². The Morgan fingerprint density at radius 1 is 0.882 bits per heavy atom. The molecular formula is C21H18O13. The lowest BCUT2D eigenvalue weighted by Gasteiger charge is -2.38. The van der Waals surface area contributed by atoms with E-state index in [0.29, 0.717) is 6.07 Å². The van der Waals surface area contributed by atoms with Crippen molar-refractivity contribution < 1.29 is 59.5 Å². The molecule has 1 saturated heterocycles. The van der Waals surface area contributed by atoms with Crippen LogP contribution in [0.3, 0.4) is 0 Å². The van der Waals surface area contributed by atoms with E-state index in [1.807, 2.05) is 0 Å². The summed E-state index contributed by atoms with van der Waals surface area (Å²) in [6, 6.07) is 5.82. The lowest BCUT2D eigenvalue weighted by atomic mass is 9.99. The largest absolute Gasteiger partial charge is 0.507 e. The fourth-order valence-electron chi connectivity index (χ4n) is 3.48. The molecule has 0 spiro atoms. The molecule has 0 saturated carbocycles. The zero-order valence-corrected chi connectivity index (χ0v) is 16.9. The van der Waals surface area contributed by atoms with Gasteiger partial charge in [0, 0.05) is 11.6 Å². The monoisotopic (exact) mass is 478 g/mol. The van der Waals surface area contributed by atoms with Gasteiger partial charge in [0.1, 0.15) is 35.2 Å². The van der Waals surface area contributed by atoms with Gasteiger partial charge in [-0.15, -0.1) is 0 Å². The number of phenols is 3. The molecule has 34 heavy (non-hydrogen) atoms. The number of ether oxygens (including phenoxy) is 2. The van der Waals surface area contributed by atoms with Gasteiger partial charge in [-0.25, -0.2) is 4.79 Å². The third-order valence-electron chi connectivity index (χ3n) is 5.26. The average Bonchev–Trinajstić information content (AvgIpc) is 2.80. The summed E-state index contributed by atoms with van der Waals surface area (Å²) < 4.78 is 15.8. The third-order valence-corrected chi connectivity index (χ3v) is 5.26. The van der Waals surface area contributed by atoms with Crippen LogP contribution in [-0.2, 0) is 9.53 Å². The first-order valence-electron chi connectivity index (χ1n) is 9.64. The minimum atomic E-state index is -1.89. The second-order valence-electron chi connectivity index (χ2n) is 7.45. The predicted molar refractivity (Wildman–Crippen MR) is 110 cm³/mol. The van der Waals surface area contributed by atoms with Crippen LogP contribution in [0, 0.1) is 0 Å². The number of aromatic hydroxyl groups is 4. The molecule has 0 unspecified atom stereocenters. The van der Waals surface area contributed by atoms with Crippen molar-refractivity contribution in [2.24, 2.45) is 0 Å². The van der Waals surface area contributed by atoms with E-state index < -0.39 is 81.8 Å². The summed E-state index contributed by atoms with van der Waals surface area (Å²) >= 11 is 0. The van der Waals surface area contributed by atoms with Crippen molar-refractivity contribution in [3.8, 4) is 40.1 Å². The molecule has 2 aromatic carbocycles. The maximum Gasteiger partial charge on any atom is 0.335 e. The summed E-state index contributed by atoms with van der Waals surface area (Å²) in [6.45, 7) is 0. The number of hydrogen-bond acceptors (Lipinski definition) is 12. The number of aliphatic hydroxyl groups excluding tert-OH is 3. The number of phenolic OH excluding ortho intramolecular Hbond substituents is 3. The molecule has 13 heteroatoms. The van der Waals surface area contributed by atoms with Crippen LogP contribution < -0.4 is 10.2 Å². The molecule has 0 amide bonds. The standard InChI is InChI=1S/C21H18O13/c22-8-5-9(23)11(24)18-10(8)12(25)14(27)17(33-18)6-1-3-7(4-2-6)32-21-16(29)13(26)15(28)19(34-21)20(30)31/h1-5,13,15-16,19,21-24,26-29H,(H,30,31)/t13-,15-,16+,19-,21-/m0/s1. The number of aliphatic carboxylic acids is 1. The van der Waals surface area contributed by atoms with Gasteiger partial charge < -0.3 is 54.7 Å². The quantitative estimate of drug-likeness (QED) is 0.176. The van der Waals surface area contributed by atoms with Crippen LogP contribution in [0.25, 0.3) is 22.3 Å². The first-order chi connectivity index (χ1) is 16.0. The predicted octanol–water partition coefficient (Wildman–Crippen LogP) is -0.447. The molecule has 3 aromatic rings.